The van der Waals surface area contributed by atoms with E-state index >= 15 is 0 Å². The molecule has 1 aromatic heterocycles. The zero-order valence-electron chi connectivity index (χ0n) is 22.1. The van der Waals surface area contributed by atoms with E-state index in [2.05, 4.69) is 31.7 Å². The number of amides is 2. The fourth-order valence-corrected chi connectivity index (χ4v) is 4.55. The smallest absolute Gasteiger partial charge is 0.250 e. The van der Waals surface area contributed by atoms with Gasteiger partial charge in [-0.05, 0) is 22.3 Å². The van der Waals surface area contributed by atoms with Gasteiger partial charge in [-0.2, -0.15) is 0 Å². The lowest BCUT2D eigenvalue weighted by Gasteiger charge is -2.20. The zero-order valence-corrected chi connectivity index (χ0v) is 22.1. The van der Waals surface area contributed by atoms with Crippen LogP contribution in [0.5, 0.6) is 0 Å². The maximum absolute atomic E-state index is 13.3. The van der Waals surface area contributed by atoms with Crippen LogP contribution in [0.2, 0.25) is 0 Å². The van der Waals surface area contributed by atoms with Gasteiger partial charge in [0.15, 0.2) is 11.6 Å². The van der Waals surface area contributed by atoms with Crippen LogP contribution in [0.3, 0.4) is 0 Å². The summed E-state index contributed by atoms with van der Waals surface area (Å²) < 4.78 is 0. The van der Waals surface area contributed by atoms with Gasteiger partial charge in [0, 0.05) is 0 Å². The van der Waals surface area contributed by atoms with Crippen molar-refractivity contribution in [3.8, 4) is 0 Å². The Kier molecular flexibility index (Phi) is 8.46. The summed E-state index contributed by atoms with van der Waals surface area (Å²) in [6.07, 6.45) is 1.27. The molecule has 0 bridgehead atoms. The molecule has 0 fully saturated rings. The predicted octanol–water partition coefficient (Wildman–Crippen LogP) is 4.61. The molecule has 0 aliphatic rings. The van der Waals surface area contributed by atoms with Gasteiger partial charge in [-0.1, -0.05) is 121 Å². The number of carbonyl (C=O) groups is 2. The van der Waals surface area contributed by atoms with Gasteiger partial charge in [-0.15, -0.1) is 0 Å². The molecular weight excluding hydrogens is 514 g/mol. The van der Waals surface area contributed by atoms with Crippen LogP contribution in [0.25, 0.3) is 0 Å². The summed E-state index contributed by atoms with van der Waals surface area (Å²) in [5, 5.41) is 0. The van der Waals surface area contributed by atoms with Crippen molar-refractivity contribution < 1.29 is 9.59 Å². The number of nitrogens with zero attached hydrogens (tertiary/aromatic N) is 2. The number of rotatable bonds is 10. The van der Waals surface area contributed by atoms with Crippen LogP contribution in [-0.2, 0) is 9.59 Å². The topological polar surface area (TPSA) is 134 Å². The number of benzene rings is 4. The van der Waals surface area contributed by atoms with Gasteiger partial charge in [0.05, 0.1) is 11.8 Å². The van der Waals surface area contributed by atoms with E-state index in [1.165, 1.54) is 6.33 Å². The average molecular weight is 544 g/mol. The zero-order chi connectivity index (χ0) is 28.4. The number of hydrazine groups is 2. The minimum Gasteiger partial charge on any atom is -0.393 e. The molecule has 6 N–H and O–H groups in total. The van der Waals surface area contributed by atoms with E-state index in [1.807, 2.05) is 121 Å². The molecule has 1 heterocycles. The molecule has 0 aliphatic carbocycles. The van der Waals surface area contributed by atoms with Gasteiger partial charge in [0.1, 0.15) is 12.0 Å². The van der Waals surface area contributed by atoms with E-state index in [0.29, 0.717) is 0 Å². The Morgan fingerprint density at radius 2 is 0.805 bits per heavy atom. The quantitative estimate of drug-likeness (QED) is 0.162. The lowest BCUT2D eigenvalue weighted by molar-refractivity contribution is -0.122. The molecule has 0 unspecified atom stereocenters. The molecular formula is C32H29N7O2. The summed E-state index contributed by atoms with van der Waals surface area (Å²) in [4.78, 5) is 35.0. The Labute approximate surface area is 237 Å². The molecule has 0 saturated heterocycles. The summed E-state index contributed by atoms with van der Waals surface area (Å²) >= 11 is 0. The summed E-state index contributed by atoms with van der Waals surface area (Å²) in [7, 11) is 0. The SMILES string of the molecule is Nc1c(NNC(=O)C(c2ccccc2)c2ccccc2)ncnc1NNC(=O)C(c1ccccc1)c1ccccc1. The second kappa shape index (κ2) is 12.9. The molecule has 41 heavy (non-hydrogen) atoms. The van der Waals surface area contributed by atoms with Crippen LogP contribution in [0.4, 0.5) is 17.3 Å². The van der Waals surface area contributed by atoms with Crippen LogP contribution in [0, 0.1) is 0 Å². The van der Waals surface area contributed by atoms with E-state index in [9.17, 15) is 9.59 Å². The standard InChI is InChI=1S/C32H29N7O2/c33-28-29(36-38-31(40)26(22-13-5-1-6-14-22)23-15-7-2-8-16-23)34-21-35-30(28)37-39-32(41)27(24-17-9-3-10-18-24)25-19-11-4-12-20-25/h1-21,26-27H,33H2,(H,38,40)(H,39,41)(H2,34,35,36,37). The number of hydrogen-bond acceptors (Lipinski definition) is 7. The van der Waals surface area contributed by atoms with Crippen LogP contribution in [0.1, 0.15) is 34.1 Å². The highest BCUT2D eigenvalue weighted by atomic mass is 16.2. The molecule has 4 aromatic carbocycles. The van der Waals surface area contributed by atoms with Gasteiger partial charge in [0.25, 0.3) is 0 Å². The lowest BCUT2D eigenvalue weighted by atomic mass is 9.91. The molecule has 5 rings (SSSR count). The lowest BCUT2D eigenvalue weighted by Crippen LogP contribution is -2.36. The van der Waals surface area contributed by atoms with E-state index in [1.54, 1.807) is 0 Å². The first-order valence-electron chi connectivity index (χ1n) is 13.0. The molecule has 0 aliphatic heterocycles. The Morgan fingerprint density at radius 3 is 1.10 bits per heavy atom. The fraction of sp³-hybridized carbons (Fsp3) is 0.0625. The number of nitrogen functional groups attached to an aromatic ring is 1. The fourth-order valence-electron chi connectivity index (χ4n) is 4.55. The van der Waals surface area contributed by atoms with Crippen LogP contribution in [-0.4, -0.2) is 21.8 Å². The number of hydrogen-bond donors (Lipinski definition) is 5. The third-order valence-electron chi connectivity index (χ3n) is 6.55. The van der Waals surface area contributed by atoms with E-state index < -0.39 is 11.8 Å². The van der Waals surface area contributed by atoms with Crippen molar-refractivity contribution >= 4 is 29.1 Å². The van der Waals surface area contributed by atoms with Gasteiger partial charge in [0.2, 0.25) is 11.8 Å². The van der Waals surface area contributed by atoms with E-state index in [4.69, 9.17) is 5.73 Å². The van der Waals surface area contributed by atoms with E-state index in [0.717, 1.165) is 22.3 Å². The van der Waals surface area contributed by atoms with Gasteiger partial charge in [-0.3, -0.25) is 31.3 Å². The summed E-state index contributed by atoms with van der Waals surface area (Å²) in [6.45, 7) is 0. The second-order valence-corrected chi connectivity index (χ2v) is 9.22. The molecule has 2 amide bonds. The average Bonchev–Trinajstić information content (AvgIpc) is 3.02. The van der Waals surface area contributed by atoms with Crippen molar-refractivity contribution in [1.29, 1.82) is 0 Å². The number of anilines is 3. The number of nitrogens with one attached hydrogen (secondary N) is 4. The Bertz CT molecular complexity index is 1390. The van der Waals surface area contributed by atoms with E-state index in [-0.39, 0.29) is 29.1 Å². The number of carbonyl (C=O) groups excluding carboxylic acids is 2. The molecule has 9 heteroatoms. The first-order chi connectivity index (χ1) is 20.1. The monoisotopic (exact) mass is 543 g/mol. The molecule has 9 nitrogen and oxygen atoms in total. The second-order valence-electron chi connectivity index (χ2n) is 9.22. The molecule has 5 aromatic rings. The molecule has 0 radical (unpaired) electrons. The van der Waals surface area contributed by atoms with Gasteiger partial charge < -0.3 is 5.73 Å². The Hall–Kier alpha value is -5.70. The molecule has 0 atom stereocenters. The maximum Gasteiger partial charge on any atom is 0.250 e. The van der Waals surface area contributed by atoms with Crippen molar-refractivity contribution in [2.45, 2.75) is 11.8 Å². The number of nitrogens with two attached hydrogens (primary N) is 1. The molecule has 0 saturated carbocycles. The van der Waals surface area contributed by atoms with Crippen molar-refractivity contribution in [1.82, 2.24) is 20.8 Å². The normalized spacial score (nSPS) is 10.7. The van der Waals surface area contributed by atoms with Crippen molar-refractivity contribution in [3.05, 3.63) is 150 Å². The first kappa shape index (κ1) is 26.9. The highest BCUT2D eigenvalue weighted by molar-refractivity contribution is 5.90. The highest BCUT2D eigenvalue weighted by Crippen LogP contribution is 2.27. The largest absolute Gasteiger partial charge is 0.393 e. The van der Waals surface area contributed by atoms with Crippen LogP contribution >= 0.6 is 0 Å². The first-order valence-corrected chi connectivity index (χ1v) is 13.0. The molecule has 0 spiro atoms. The Balaban J connectivity index is 1.29. The summed E-state index contributed by atoms with van der Waals surface area (Å²) in [5.74, 6) is -1.36. The minimum absolute atomic E-state index is 0.111. The third kappa shape index (κ3) is 6.48. The predicted molar refractivity (Wildman–Crippen MR) is 159 cm³/mol. The highest BCUT2D eigenvalue weighted by Gasteiger charge is 2.24. The van der Waals surface area contributed by atoms with Crippen molar-refractivity contribution in [3.63, 3.8) is 0 Å². The van der Waals surface area contributed by atoms with Gasteiger partial charge in [-0.25, -0.2) is 9.97 Å². The van der Waals surface area contributed by atoms with Crippen LogP contribution in [0.15, 0.2) is 128 Å². The number of aromatic nitrogens is 2. The van der Waals surface area contributed by atoms with Crippen LogP contribution < -0.4 is 27.4 Å². The maximum atomic E-state index is 13.3. The van der Waals surface area contributed by atoms with Crippen molar-refractivity contribution in [2.75, 3.05) is 16.6 Å². The summed E-state index contributed by atoms with van der Waals surface area (Å²) in [6, 6.07) is 37.9. The third-order valence-corrected chi connectivity index (χ3v) is 6.55. The van der Waals surface area contributed by atoms with Crippen molar-refractivity contribution in [2.24, 2.45) is 0 Å². The minimum atomic E-state index is -0.558. The van der Waals surface area contributed by atoms with Gasteiger partial charge >= 0.3 is 0 Å². The summed E-state index contributed by atoms with van der Waals surface area (Å²) in [5.41, 5.74) is 20.8. The Morgan fingerprint density at radius 1 is 0.512 bits per heavy atom. The molecule has 204 valence electrons.